The maximum absolute atomic E-state index is 4.62. The molecule has 1 fully saturated rings. The van der Waals surface area contributed by atoms with Crippen LogP contribution in [-0.4, -0.2) is 57.8 Å². The van der Waals surface area contributed by atoms with Crippen LogP contribution in [0, 0.1) is 0 Å². The lowest BCUT2D eigenvalue weighted by atomic mass is 10.0. The molecule has 1 aromatic heterocycles. The van der Waals surface area contributed by atoms with Gasteiger partial charge in [-0.25, -0.2) is 4.99 Å². The number of hydrogen-bond acceptors (Lipinski definition) is 4. The van der Waals surface area contributed by atoms with Crippen LogP contribution in [0.15, 0.2) is 11.3 Å². The molecule has 0 aromatic carbocycles. The number of guanidine groups is 1. The highest BCUT2D eigenvalue weighted by Gasteiger charge is 2.17. The minimum atomic E-state index is 0. The minimum Gasteiger partial charge on any atom is -0.357 e. The lowest BCUT2D eigenvalue weighted by Crippen LogP contribution is -2.41. The summed E-state index contributed by atoms with van der Waals surface area (Å²) in [4.78, 5) is 7.23. The molecule has 0 radical (unpaired) electrons. The van der Waals surface area contributed by atoms with Crippen LogP contribution in [0.5, 0.6) is 0 Å². The second kappa shape index (κ2) is 12.5. The number of nitrogens with one attached hydrogen (secondary N) is 2. The quantitative estimate of drug-likeness (QED) is 0.268. The van der Waals surface area contributed by atoms with Crippen LogP contribution in [-0.2, 0) is 13.1 Å². The average molecular weight is 463 g/mol. The van der Waals surface area contributed by atoms with E-state index in [1.807, 2.05) is 4.57 Å². The summed E-state index contributed by atoms with van der Waals surface area (Å²) in [6.07, 6.45) is 6.97. The van der Waals surface area contributed by atoms with Crippen LogP contribution < -0.4 is 10.6 Å². The zero-order valence-electron chi connectivity index (χ0n) is 15.9. The number of likely N-dealkylation sites (tertiary alicyclic amines) is 1. The van der Waals surface area contributed by atoms with Gasteiger partial charge < -0.3 is 20.1 Å². The fourth-order valence-corrected chi connectivity index (χ4v) is 3.14. The number of aromatic nitrogens is 3. The first-order valence-corrected chi connectivity index (χ1v) is 9.37. The van der Waals surface area contributed by atoms with Crippen molar-refractivity contribution in [1.29, 1.82) is 0 Å². The summed E-state index contributed by atoms with van der Waals surface area (Å²) in [5.74, 6) is 1.76. The van der Waals surface area contributed by atoms with Crippen molar-refractivity contribution in [3.8, 4) is 0 Å². The Bertz CT molecular complexity index is 503. The molecule has 0 amide bonds. The Balaban J connectivity index is 0.00000312. The molecule has 0 bridgehead atoms. The maximum Gasteiger partial charge on any atom is 0.191 e. The first kappa shape index (κ1) is 22.1. The summed E-state index contributed by atoms with van der Waals surface area (Å²) in [5, 5.41) is 14.8. The smallest absolute Gasteiger partial charge is 0.191 e. The molecule has 2 heterocycles. The molecule has 7 nitrogen and oxygen atoms in total. The molecule has 0 spiro atoms. The summed E-state index contributed by atoms with van der Waals surface area (Å²) in [6.45, 7) is 12.2. The highest BCUT2D eigenvalue weighted by molar-refractivity contribution is 14.0. The van der Waals surface area contributed by atoms with E-state index in [-0.39, 0.29) is 24.0 Å². The summed E-state index contributed by atoms with van der Waals surface area (Å²) in [6, 6.07) is 0.737. The fraction of sp³-hybridized carbons (Fsp3) is 0.824. The lowest BCUT2D eigenvalue weighted by molar-refractivity contribution is 0.159. The Labute approximate surface area is 169 Å². The summed E-state index contributed by atoms with van der Waals surface area (Å²) < 4.78 is 2.02. The highest BCUT2D eigenvalue weighted by atomic mass is 127. The number of aryl methyl sites for hydroxylation is 1. The summed E-state index contributed by atoms with van der Waals surface area (Å²) >= 11 is 0. The Kier molecular flexibility index (Phi) is 11.0. The second-order valence-electron chi connectivity index (χ2n) is 6.39. The lowest BCUT2D eigenvalue weighted by Gasteiger charge is -2.33. The molecule has 25 heavy (non-hydrogen) atoms. The molecule has 2 N–H and O–H groups in total. The normalized spacial score (nSPS) is 18.7. The Morgan fingerprint density at radius 1 is 1.32 bits per heavy atom. The van der Waals surface area contributed by atoms with Crippen molar-refractivity contribution >= 4 is 29.9 Å². The van der Waals surface area contributed by atoms with E-state index in [0.717, 1.165) is 50.4 Å². The molecule has 2 rings (SSSR count). The van der Waals surface area contributed by atoms with E-state index >= 15 is 0 Å². The monoisotopic (exact) mass is 463 g/mol. The van der Waals surface area contributed by atoms with Gasteiger partial charge in [-0.3, -0.25) is 0 Å². The van der Waals surface area contributed by atoms with Gasteiger partial charge in [0.2, 0.25) is 0 Å². The van der Waals surface area contributed by atoms with Gasteiger partial charge in [0, 0.05) is 32.2 Å². The number of piperidine rings is 1. The van der Waals surface area contributed by atoms with Crippen molar-refractivity contribution in [1.82, 2.24) is 30.3 Å². The Hall–Kier alpha value is -0.900. The average Bonchev–Trinajstić information content (AvgIpc) is 3.05. The molecule has 8 heteroatoms. The van der Waals surface area contributed by atoms with Crippen LogP contribution in [0.25, 0.3) is 0 Å². The summed E-state index contributed by atoms with van der Waals surface area (Å²) in [7, 11) is 0. The van der Waals surface area contributed by atoms with Gasteiger partial charge >= 0.3 is 0 Å². The van der Waals surface area contributed by atoms with Gasteiger partial charge in [-0.2, -0.15) is 0 Å². The fourth-order valence-electron chi connectivity index (χ4n) is 3.14. The number of halogens is 1. The number of aliphatic imine (C=N–C) groups is 1. The molecule has 1 aliphatic rings. The van der Waals surface area contributed by atoms with Gasteiger partial charge in [-0.05, 0) is 46.6 Å². The molecule has 1 unspecified atom stereocenters. The molecule has 1 aliphatic heterocycles. The Morgan fingerprint density at radius 3 is 2.88 bits per heavy atom. The largest absolute Gasteiger partial charge is 0.357 e. The maximum atomic E-state index is 4.62. The van der Waals surface area contributed by atoms with Crippen molar-refractivity contribution in [3.63, 3.8) is 0 Å². The molecule has 144 valence electrons. The van der Waals surface area contributed by atoms with Crippen molar-refractivity contribution in [2.24, 2.45) is 4.99 Å². The van der Waals surface area contributed by atoms with Gasteiger partial charge in [-0.15, -0.1) is 34.2 Å². The van der Waals surface area contributed by atoms with Crippen LogP contribution in [0.4, 0.5) is 0 Å². The first-order valence-electron chi connectivity index (χ1n) is 9.37. The summed E-state index contributed by atoms with van der Waals surface area (Å²) in [5.41, 5.74) is 0. The van der Waals surface area contributed by atoms with E-state index in [4.69, 9.17) is 0 Å². The third kappa shape index (κ3) is 7.47. The van der Waals surface area contributed by atoms with E-state index in [9.17, 15) is 0 Å². The van der Waals surface area contributed by atoms with E-state index in [1.165, 1.54) is 25.8 Å². The van der Waals surface area contributed by atoms with Gasteiger partial charge in [-0.1, -0.05) is 6.42 Å². The van der Waals surface area contributed by atoms with Crippen LogP contribution in [0.3, 0.4) is 0 Å². The topological polar surface area (TPSA) is 70.4 Å². The highest BCUT2D eigenvalue weighted by Crippen LogP contribution is 2.15. The van der Waals surface area contributed by atoms with E-state index in [0.29, 0.717) is 6.54 Å². The molecule has 0 aliphatic carbocycles. The molecule has 0 saturated carbocycles. The van der Waals surface area contributed by atoms with Gasteiger partial charge in [0.05, 0.1) is 0 Å². The van der Waals surface area contributed by atoms with Crippen LogP contribution in [0.2, 0.25) is 0 Å². The van der Waals surface area contributed by atoms with Crippen LogP contribution in [0.1, 0.15) is 52.3 Å². The number of rotatable bonds is 8. The predicted molar refractivity (Wildman–Crippen MR) is 113 cm³/mol. The molecule has 1 atom stereocenters. The van der Waals surface area contributed by atoms with Gasteiger partial charge in [0.25, 0.3) is 0 Å². The number of nitrogens with zero attached hydrogens (tertiary/aromatic N) is 5. The third-order valence-corrected chi connectivity index (χ3v) is 4.61. The van der Waals surface area contributed by atoms with Crippen molar-refractivity contribution in [2.45, 2.75) is 65.6 Å². The van der Waals surface area contributed by atoms with Gasteiger partial charge in [0.1, 0.15) is 12.9 Å². The van der Waals surface area contributed by atoms with E-state index in [2.05, 4.69) is 51.5 Å². The molecule has 1 aromatic rings. The van der Waals surface area contributed by atoms with Gasteiger partial charge in [0.15, 0.2) is 11.8 Å². The first-order chi connectivity index (χ1) is 11.7. The van der Waals surface area contributed by atoms with E-state index in [1.54, 1.807) is 6.33 Å². The SMILES string of the molecule is CCNC(=NCc1nncn1CC)NCCCN1CCCCC1C.I. The van der Waals surface area contributed by atoms with Crippen LogP contribution >= 0.6 is 24.0 Å². The second-order valence-corrected chi connectivity index (χ2v) is 6.39. The standard InChI is InChI=1S/C17H33N7.HI/c1-4-18-17(20-13-16-22-21-14-23(16)5-2)19-10-8-12-24-11-7-6-9-15(24)3;/h14-15H,4-13H2,1-3H3,(H2,18,19,20);1H. The zero-order valence-corrected chi connectivity index (χ0v) is 18.2. The minimum absolute atomic E-state index is 0. The molecule has 1 saturated heterocycles. The van der Waals surface area contributed by atoms with Crippen molar-refractivity contribution in [2.75, 3.05) is 26.2 Å². The third-order valence-electron chi connectivity index (χ3n) is 4.61. The Morgan fingerprint density at radius 2 is 2.16 bits per heavy atom. The predicted octanol–water partition coefficient (Wildman–Crippen LogP) is 2.24. The van der Waals surface area contributed by atoms with Crippen molar-refractivity contribution in [3.05, 3.63) is 12.2 Å². The number of hydrogen-bond donors (Lipinski definition) is 2. The van der Waals surface area contributed by atoms with E-state index < -0.39 is 0 Å². The molecular weight excluding hydrogens is 429 g/mol. The van der Waals surface area contributed by atoms with Crippen molar-refractivity contribution < 1.29 is 0 Å². The zero-order chi connectivity index (χ0) is 17.2. The molecular formula is C17H34IN7.